The molecule has 0 unspecified atom stereocenters. The van der Waals surface area contributed by atoms with Gasteiger partial charge in [0.15, 0.2) is 0 Å². The molecule has 0 amide bonds. The molecule has 0 aliphatic heterocycles. The molecule has 0 N–H and O–H groups in total. The fraction of sp³-hybridized carbons (Fsp3) is 0.889. The molecule has 56 valence electrons. The third-order valence-corrected chi connectivity index (χ3v) is 3.13. The molecule has 10 heavy (non-hydrogen) atoms. The highest BCUT2D eigenvalue weighted by atomic mass is 16.1. The molecule has 0 saturated heterocycles. The predicted molar refractivity (Wildman–Crippen MR) is 39.7 cm³/mol. The Morgan fingerprint density at radius 2 is 2.40 bits per heavy atom. The van der Waals surface area contributed by atoms with Gasteiger partial charge in [0.1, 0.15) is 5.78 Å². The normalized spacial score (nSPS) is 46.1. The van der Waals surface area contributed by atoms with Gasteiger partial charge in [0.2, 0.25) is 0 Å². The van der Waals surface area contributed by atoms with E-state index in [0.717, 1.165) is 6.42 Å². The largest absolute Gasteiger partial charge is 0.299 e. The minimum Gasteiger partial charge on any atom is -0.299 e. The molecule has 2 saturated carbocycles. The first-order valence-corrected chi connectivity index (χ1v) is 4.22. The van der Waals surface area contributed by atoms with Crippen molar-refractivity contribution in [1.82, 2.24) is 0 Å². The number of fused-ring (bicyclic) bond motifs is 2. The first-order valence-electron chi connectivity index (χ1n) is 4.22. The maximum Gasteiger partial charge on any atom is 0.136 e. The van der Waals surface area contributed by atoms with Crippen LogP contribution >= 0.6 is 0 Å². The summed E-state index contributed by atoms with van der Waals surface area (Å²) in [7, 11) is 0. The SMILES string of the molecule is C[C@@]12CCC[C@@H](C1)C(=O)C2. The molecule has 0 aromatic heterocycles. The average Bonchev–Trinajstić information content (AvgIpc) is 2.03. The Kier molecular flexibility index (Phi) is 1.17. The van der Waals surface area contributed by atoms with Crippen LogP contribution in [0.5, 0.6) is 0 Å². The third-order valence-electron chi connectivity index (χ3n) is 3.13. The van der Waals surface area contributed by atoms with Crippen LogP contribution in [0.15, 0.2) is 0 Å². The lowest BCUT2D eigenvalue weighted by Crippen LogP contribution is -2.16. The number of Topliss-reactive ketones (excluding diaryl/α,β-unsaturated/α-hetero) is 1. The fourth-order valence-corrected chi connectivity index (χ4v) is 2.57. The number of hydrogen-bond donors (Lipinski definition) is 0. The van der Waals surface area contributed by atoms with E-state index in [1.807, 2.05) is 0 Å². The second-order valence-corrected chi connectivity index (χ2v) is 4.25. The fourth-order valence-electron chi connectivity index (χ4n) is 2.57. The van der Waals surface area contributed by atoms with Crippen molar-refractivity contribution in [2.45, 2.75) is 39.0 Å². The smallest absolute Gasteiger partial charge is 0.136 e. The van der Waals surface area contributed by atoms with Gasteiger partial charge in [0, 0.05) is 12.3 Å². The van der Waals surface area contributed by atoms with Gasteiger partial charge in [-0.3, -0.25) is 4.79 Å². The van der Waals surface area contributed by atoms with E-state index in [-0.39, 0.29) is 0 Å². The lowest BCUT2D eigenvalue weighted by molar-refractivity contribution is -0.120. The molecule has 0 aromatic rings. The van der Waals surface area contributed by atoms with E-state index in [4.69, 9.17) is 0 Å². The molecular weight excluding hydrogens is 124 g/mol. The van der Waals surface area contributed by atoms with Gasteiger partial charge in [0.05, 0.1) is 0 Å². The van der Waals surface area contributed by atoms with Crippen molar-refractivity contribution >= 4 is 5.78 Å². The summed E-state index contributed by atoms with van der Waals surface area (Å²) >= 11 is 0. The van der Waals surface area contributed by atoms with Crippen LogP contribution in [0.3, 0.4) is 0 Å². The minimum atomic E-state index is 0.417. The van der Waals surface area contributed by atoms with Gasteiger partial charge >= 0.3 is 0 Å². The summed E-state index contributed by atoms with van der Waals surface area (Å²) in [4.78, 5) is 11.3. The van der Waals surface area contributed by atoms with E-state index in [1.165, 1.54) is 25.7 Å². The number of rotatable bonds is 0. The van der Waals surface area contributed by atoms with E-state index in [0.29, 0.717) is 17.1 Å². The van der Waals surface area contributed by atoms with Gasteiger partial charge in [-0.05, 0) is 24.7 Å². The van der Waals surface area contributed by atoms with Crippen molar-refractivity contribution in [3.05, 3.63) is 0 Å². The summed E-state index contributed by atoms with van der Waals surface area (Å²) in [6.45, 7) is 2.27. The first-order chi connectivity index (χ1) is 4.70. The van der Waals surface area contributed by atoms with Gasteiger partial charge in [-0.15, -0.1) is 0 Å². The zero-order valence-corrected chi connectivity index (χ0v) is 6.52. The van der Waals surface area contributed by atoms with Crippen molar-refractivity contribution in [3.8, 4) is 0 Å². The Bertz CT molecular complexity index is 174. The second kappa shape index (κ2) is 1.84. The van der Waals surface area contributed by atoms with Gasteiger partial charge in [-0.2, -0.15) is 0 Å². The highest BCUT2D eigenvalue weighted by Crippen LogP contribution is 2.48. The van der Waals surface area contributed by atoms with E-state index < -0.39 is 0 Å². The first kappa shape index (κ1) is 6.38. The topological polar surface area (TPSA) is 17.1 Å². The van der Waals surface area contributed by atoms with Crippen LogP contribution in [-0.2, 0) is 4.79 Å². The Balaban J connectivity index is 2.23. The molecule has 2 fully saturated rings. The van der Waals surface area contributed by atoms with Gasteiger partial charge in [-0.25, -0.2) is 0 Å². The Morgan fingerprint density at radius 1 is 1.60 bits per heavy atom. The predicted octanol–water partition coefficient (Wildman–Crippen LogP) is 2.16. The summed E-state index contributed by atoms with van der Waals surface area (Å²) in [6.07, 6.45) is 5.81. The van der Waals surface area contributed by atoms with Crippen molar-refractivity contribution in [1.29, 1.82) is 0 Å². The van der Waals surface area contributed by atoms with Crippen LogP contribution in [0.25, 0.3) is 0 Å². The van der Waals surface area contributed by atoms with Crippen molar-refractivity contribution in [3.63, 3.8) is 0 Å². The van der Waals surface area contributed by atoms with E-state index in [1.54, 1.807) is 0 Å². The van der Waals surface area contributed by atoms with E-state index in [9.17, 15) is 4.79 Å². The van der Waals surface area contributed by atoms with Gasteiger partial charge < -0.3 is 0 Å². The van der Waals surface area contributed by atoms with Gasteiger partial charge in [0.25, 0.3) is 0 Å². The molecule has 0 spiro atoms. The molecule has 2 rings (SSSR count). The van der Waals surface area contributed by atoms with Crippen LogP contribution in [0, 0.1) is 11.3 Å². The zero-order valence-electron chi connectivity index (χ0n) is 6.52. The maximum absolute atomic E-state index is 11.3. The molecule has 2 atom stereocenters. The highest BCUT2D eigenvalue weighted by molar-refractivity contribution is 5.84. The van der Waals surface area contributed by atoms with Crippen molar-refractivity contribution < 1.29 is 4.79 Å². The van der Waals surface area contributed by atoms with Crippen LogP contribution in [0.1, 0.15) is 39.0 Å². The number of ketones is 1. The lowest BCUT2D eigenvalue weighted by atomic mass is 9.78. The van der Waals surface area contributed by atoms with Crippen LogP contribution < -0.4 is 0 Å². The van der Waals surface area contributed by atoms with Crippen LogP contribution in [0.2, 0.25) is 0 Å². The number of carbonyl (C=O) groups is 1. The highest BCUT2D eigenvalue weighted by Gasteiger charge is 2.43. The summed E-state index contributed by atoms with van der Waals surface area (Å²) < 4.78 is 0. The minimum absolute atomic E-state index is 0.417. The molecule has 2 bridgehead atoms. The summed E-state index contributed by atoms with van der Waals surface area (Å²) in [6, 6.07) is 0. The molecule has 0 heterocycles. The van der Waals surface area contributed by atoms with E-state index >= 15 is 0 Å². The summed E-state index contributed by atoms with van der Waals surface area (Å²) in [5.74, 6) is 0.999. The van der Waals surface area contributed by atoms with Crippen molar-refractivity contribution in [2.75, 3.05) is 0 Å². The Labute approximate surface area is 61.8 Å². The molecule has 1 nitrogen and oxygen atoms in total. The average molecular weight is 138 g/mol. The summed E-state index contributed by atoms with van der Waals surface area (Å²) in [5, 5.41) is 0. The number of carbonyl (C=O) groups excluding carboxylic acids is 1. The molecular formula is C9H14O. The molecule has 2 aliphatic carbocycles. The Morgan fingerprint density at radius 3 is 3.00 bits per heavy atom. The molecule has 0 radical (unpaired) electrons. The second-order valence-electron chi connectivity index (χ2n) is 4.25. The van der Waals surface area contributed by atoms with Gasteiger partial charge in [-0.1, -0.05) is 13.3 Å². The molecule has 1 heteroatoms. The Hall–Kier alpha value is -0.330. The standard InChI is InChI=1S/C9H14O/c1-9-4-2-3-7(5-9)8(10)6-9/h7H,2-6H2,1H3/t7-,9+/m0/s1. The van der Waals surface area contributed by atoms with E-state index in [2.05, 4.69) is 6.92 Å². The maximum atomic E-state index is 11.3. The van der Waals surface area contributed by atoms with Crippen molar-refractivity contribution in [2.24, 2.45) is 11.3 Å². The molecule has 2 aliphatic rings. The number of hydrogen-bond acceptors (Lipinski definition) is 1. The zero-order chi connectivity index (χ0) is 7.19. The third kappa shape index (κ3) is 0.799. The summed E-state index contributed by atoms with van der Waals surface area (Å²) in [5.41, 5.74) is 0.417. The monoisotopic (exact) mass is 138 g/mol. The van der Waals surface area contributed by atoms with Crippen LogP contribution in [0.4, 0.5) is 0 Å². The quantitative estimate of drug-likeness (QED) is 0.501. The lowest BCUT2D eigenvalue weighted by Gasteiger charge is -2.27. The van der Waals surface area contributed by atoms with Crippen LogP contribution in [-0.4, -0.2) is 5.78 Å². The molecule has 0 aromatic carbocycles.